The standard InChI is InChI=1S/C16H35O2PS2.Mo.O/c1-5-9-11-15(7-3)13-18-19(17,20)21-14-16(8-4)12-10-6-2;;/h15-16H,5-14H2,1-4H3,(H,17,20);;/q;+1;/p-1. The minimum absolute atomic E-state index is 0.504. The first-order valence-electron chi connectivity index (χ1n) is 8.75. The fraction of sp³-hybridized carbons (Fsp3) is 1.00. The molecule has 139 valence electrons. The average Bonchev–Trinajstić information content (AvgIpc) is 2.57. The summed E-state index contributed by atoms with van der Waals surface area (Å²) in [7, 11) is 0. The van der Waals surface area contributed by atoms with E-state index in [4.69, 9.17) is 19.7 Å². The molecule has 23 heavy (non-hydrogen) atoms. The molecule has 0 spiro atoms. The molecule has 0 radical (unpaired) electrons. The molecule has 0 amide bonds. The van der Waals surface area contributed by atoms with E-state index in [0.29, 0.717) is 38.2 Å². The van der Waals surface area contributed by atoms with Gasteiger partial charge in [-0.25, -0.2) is 0 Å². The van der Waals surface area contributed by atoms with Gasteiger partial charge in [0.2, 0.25) is 0 Å². The summed E-state index contributed by atoms with van der Waals surface area (Å²) in [4.78, 5) is 12.4. The zero-order valence-electron chi connectivity index (χ0n) is 15.1. The zero-order chi connectivity index (χ0) is 18.1. The van der Waals surface area contributed by atoms with Crippen LogP contribution in [-0.2, 0) is 39.5 Å². The molecule has 0 saturated carbocycles. The van der Waals surface area contributed by atoms with Gasteiger partial charge in [-0.15, -0.1) is 11.4 Å². The van der Waals surface area contributed by atoms with Crippen LogP contribution in [0.1, 0.15) is 79.1 Å². The van der Waals surface area contributed by atoms with Gasteiger partial charge in [-0.05, 0) is 24.7 Å². The Labute approximate surface area is 164 Å². The summed E-state index contributed by atoms with van der Waals surface area (Å²) in [6, 6.07) is 0. The van der Waals surface area contributed by atoms with Crippen molar-refractivity contribution in [1.29, 1.82) is 0 Å². The molecular formula is C16H34MoO3PS2. The average molecular weight is 465 g/mol. The molecule has 0 heterocycles. The summed E-state index contributed by atoms with van der Waals surface area (Å²) in [6.45, 7) is 9.34. The van der Waals surface area contributed by atoms with E-state index in [0.717, 1.165) is 25.0 Å². The van der Waals surface area contributed by atoms with Crippen LogP contribution in [0.2, 0.25) is 0 Å². The van der Waals surface area contributed by atoms with Crippen LogP contribution in [0.4, 0.5) is 0 Å². The van der Waals surface area contributed by atoms with Gasteiger partial charge in [0.15, 0.2) is 0 Å². The Hall–Kier alpha value is 1.41. The van der Waals surface area contributed by atoms with E-state index in [1.807, 2.05) is 0 Å². The molecule has 3 nitrogen and oxygen atoms in total. The molecule has 0 aromatic rings. The van der Waals surface area contributed by atoms with Gasteiger partial charge in [0.25, 0.3) is 0 Å². The summed E-state index contributed by atoms with van der Waals surface area (Å²) in [6.07, 6.45) is 9.46. The Bertz CT molecular complexity index is 285. The molecule has 3 unspecified atom stereocenters. The summed E-state index contributed by atoms with van der Waals surface area (Å²) in [5.74, 6) is 2.00. The molecule has 0 aromatic heterocycles. The predicted octanol–water partition coefficient (Wildman–Crippen LogP) is 5.63. The molecule has 0 aliphatic heterocycles. The van der Waals surface area contributed by atoms with E-state index in [-0.39, 0.29) is 0 Å². The zero-order valence-corrected chi connectivity index (χ0v) is 19.7. The Kier molecular flexibility index (Phi) is 21.1. The molecular weight excluding hydrogens is 431 g/mol. The first-order chi connectivity index (χ1) is 11.0. The minimum atomic E-state index is -2.89. The number of rotatable bonds is 14. The summed E-state index contributed by atoms with van der Waals surface area (Å²) >= 11 is 7.28. The van der Waals surface area contributed by atoms with Gasteiger partial charge in [0.1, 0.15) is 0 Å². The van der Waals surface area contributed by atoms with E-state index in [2.05, 4.69) is 27.7 Å². The van der Waals surface area contributed by atoms with Crippen molar-refractivity contribution in [2.45, 2.75) is 79.1 Å². The van der Waals surface area contributed by atoms with Gasteiger partial charge in [0, 0.05) is 11.4 Å². The number of hydrogen-bond donors (Lipinski definition) is 0. The molecule has 0 N–H and O–H groups in total. The van der Waals surface area contributed by atoms with E-state index in [1.165, 1.54) is 43.5 Å². The van der Waals surface area contributed by atoms with Crippen molar-refractivity contribution in [3.8, 4) is 0 Å². The summed E-state index contributed by atoms with van der Waals surface area (Å²) < 4.78 is 13.9. The van der Waals surface area contributed by atoms with Crippen LogP contribution in [-0.4, -0.2) is 12.4 Å². The van der Waals surface area contributed by atoms with Crippen molar-refractivity contribution in [2.75, 3.05) is 12.4 Å². The quantitative estimate of drug-likeness (QED) is 0.246. The topological polar surface area (TPSA) is 49.4 Å². The van der Waals surface area contributed by atoms with Crippen LogP contribution in [0.5, 0.6) is 0 Å². The predicted molar refractivity (Wildman–Crippen MR) is 100.0 cm³/mol. The van der Waals surface area contributed by atoms with Crippen LogP contribution in [0.15, 0.2) is 0 Å². The molecule has 0 fully saturated rings. The van der Waals surface area contributed by atoms with Crippen LogP contribution in [0, 0.1) is 11.8 Å². The van der Waals surface area contributed by atoms with Crippen LogP contribution < -0.4 is 4.89 Å². The third kappa shape index (κ3) is 16.6. The van der Waals surface area contributed by atoms with Crippen molar-refractivity contribution in [3.05, 3.63) is 0 Å². The monoisotopic (exact) mass is 467 g/mol. The fourth-order valence-electron chi connectivity index (χ4n) is 2.23. The fourth-order valence-corrected chi connectivity index (χ4v) is 5.81. The third-order valence-electron chi connectivity index (χ3n) is 4.02. The van der Waals surface area contributed by atoms with Crippen molar-refractivity contribution in [1.82, 2.24) is 0 Å². The Morgan fingerprint density at radius 2 is 1.52 bits per heavy atom. The van der Waals surface area contributed by atoms with Crippen LogP contribution in [0.3, 0.4) is 0 Å². The first kappa shape index (κ1) is 26.6. The van der Waals surface area contributed by atoms with Gasteiger partial charge in [-0.3, -0.25) is 0 Å². The number of hydrogen-bond acceptors (Lipinski definition) is 5. The van der Waals surface area contributed by atoms with Crippen LogP contribution >= 0.6 is 17.1 Å². The third-order valence-corrected chi connectivity index (χ3v) is 8.40. The summed E-state index contributed by atoms with van der Waals surface area (Å²) in [5.41, 5.74) is -2.89. The van der Waals surface area contributed by atoms with Crippen molar-refractivity contribution in [3.63, 3.8) is 0 Å². The van der Waals surface area contributed by atoms with Crippen molar-refractivity contribution < 1.29 is 32.6 Å². The second-order valence-corrected chi connectivity index (χ2v) is 12.0. The molecule has 0 rings (SSSR count). The van der Waals surface area contributed by atoms with Gasteiger partial charge < -0.3 is 9.42 Å². The van der Waals surface area contributed by atoms with Crippen LogP contribution in [0.25, 0.3) is 0 Å². The normalized spacial score (nSPS) is 16.0. The second kappa shape index (κ2) is 18.2. The SMILES string of the molecule is CCCCC(CC)COP([O-])(=S)SCC(CC)CCCC.[O]=[Mo+]. The molecule has 3 atom stereocenters. The second-order valence-electron chi connectivity index (χ2n) is 5.87. The van der Waals surface area contributed by atoms with Crippen molar-refractivity contribution >= 4 is 28.9 Å². The number of unbranched alkanes of at least 4 members (excludes halogenated alkanes) is 2. The van der Waals surface area contributed by atoms with E-state index in [1.54, 1.807) is 0 Å². The summed E-state index contributed by atoms with van der Waals surface area (Å²) in [5, 5.41) is 0. The van der Waals surface area contributed by atoms with Gasteiger partial charge in [0.05, 0.1) is 6.61 Å². The Balaban J connectivity index is 0. The Morgan fingerprint density at radius 1 is 1.04 bits per heavy atom. The molecule has 0 saturated heterocycles. The molecule has 0 aliphatic carbocycles. The molecule has 7 heteroatoms. The maximum absolute atomic E-state index is 12.4. The van der Waals surface area contributed by atoms with Crippen molar-refractivity contribution in [2.24, 2.45) is 11.8 Å². The van der Waals surface area contributed by atoms with Gasteiger partial charge in [-0.1, -0.05) is 78.0 Å². The molecule has 0 bridgehead atoms. The van der Waals surface area contributed by atoms with Gasteiger partial charge in [-0.2, -0.15) is 0 Å². The van der Waals surface area contributed by atoms with E-state index >= 15 is 0 Å². The molecule has 0 aliphatic rings. The maximum atomic E-state index is 12.4. The van der Waals surface area contributed by atoms with E-state index < -0.39 is 5.69 Å². The molecule has 0 aromatic carbocycles. The Morgan fingerprint density at radius 3 is 1.96 bits per heavy atom. The first-order valence-corrected chi connectivity index (χ1v) is 13.8. The van der Waals surface area contributed by atoms with Gasteiger partial charge >= 0.3 is 23.2 Å². The van der Waals surface area contributed by atoms with E-state index in [9.17, 15) is 4.89 Å².